The standard InChI is InChI=1S/C14H23N5O2/c1-5-15-13-12(19(20)21)14(17-8-16-13)18-7-9(2)6-10(3)11(18)4/h8-11H,5-7H2,1-4H3,(H,15,16,17). The maximum Gasteiger partial charge on any atom is 0.353 e. The first-order valence-electron chi connectivity index (χ1n) is 7.45. The summed E-state index contributed by atoms with van der Waals surface area (Å²) in [6.07, 6.45) is 2.54. The minimum Gasteiger partial charge on any atom is -0.364 e. The first kappa shape index (κ1) is 15.5. The van der Waals surface area contributed by atoms with Crippen molar-refractivity contribution in [2.75, 3.05) is 23.3 Å². The van der Waals surface area contributed by atoms with Crippen molar-refractivity contribution >= 4 is 17.3 Å². The number of nitro groups is 1. The van der Waals surface area contributed by atoms with E-state index in [9.17, 15) is 10.1 Å². The topological polar surface area (TPSA) is 84.2 Å². The SMILES string of the molecule is CCNc1ncnc(N2CC(C)CC(C)C2C)c1[N+](=O)[O-]. The smallest absolute Gasteiger partial charge is 0.353 e. The van der Waals surface area contributed by atoms with Crippen LogP contribution in [0.1, 0.15) is 34.1 Å². The molecule has 116 valence electrons. The molecule has 1 aliphatic heterocycles. The van der Waals surface area contributed by atoms with Gasteiger partial charge in [0.2, 0.25) is 11.6 Å². The Balaban J connectivity index is 2.47. The number of piperidine rings is 1. The van der Waals surface area contributed by atoms with Gasteiger partial charge in [0.05, 0.1) is 4.92 Å². The van der Waals surface area contributed by atoms with Crippen LogP contribution >= 0.6 is 0 Å². The summed E-state index contributed by atoms with van der Waals surface area (Å²) < 4.78 is 0. The summed E-state index contributed by atoms with van der Waals surface area (Å²) in [5.74, 6) is 1.70. The van der Waals surface area contributed by atoms with Gasteiger partial charge in [-0.2, -0.15) is 0 Å². The van der Waals surface area contributed by atoms with Crippen molar-refractivity contribution in [3.63, 3.8) is 0 Å². The summed E-state index contributed by atoms with van der Waals surface area (Å²) in [5, 5.41) is 14.4. The molecular weight excluding hydrogens is 270 g/mol. The predicted molar refractivity (Wildman–Crippen MR) is 82.6 cm³/mol. The Labute approximate surface area is 124 Å². The van der Waals surface area contributed by atoms with E-state index < -0.39 is 0 Å². The lowest BCUT2D eigenvalue weighted by Crippen LogP contribution is -2.46. The molecule has 0 bridgehead atoms. The number of nitrogens with one attached hydrogen (secondary N) is 1. The lowest BCUT2D eigenvalue weighted by Gasteiger charge is -2.41. The van der Waals surface area contributed by atoms with E-state index in [1.165, 1.54) is 6.33 Å². The second kappa shape index (κ2) is 6.24. The van der Waals surface area contributed by atoms with Crippen LogP contribution in [0.2, 0.25) is 0 Å². The Kier molecular flexibility index (Phi) is 4.59. The van der Waals surface area contributed by atoms with Gasteiger partial charge in [0.25, 0.3) is 0 Å². The van der Waals surface area contributed by atoms with Gasteiger partial charge in [0.1, 0.15) is 6.33 Å². The molecule has 0 amide bonds. The summed E-state index contributed by atoms with van der Waals surface area (Å²) in [5.41, 5.74) is -0.0208. The molecule has 0 aliphatic carbocycles. The highest BCUT2D eigenvalue weighted by Crippen LogP contribution is 2.37. The monoisotopic (exact) mass is 293 g/mol. The van der Waals surface area contributed by atoms with E-state index in [2.05, 4.69) is 41.0 Å². The molecule has 0 aromatic carbocycles. The molecule has 0 spiro atoms. The van der Waals surface area contributed by atoms with Crippen molar-refractivity contribution in [2.45, 2.75) is 40.2 Å². The van der Waals surface area contributed by atoms with Crippen LogP contribution in [0.4, 0.5) is 17.3 Å². The fraction of sp³-hybridized carbons (Fsp3) is 0.714. The fourth-order valence-electron chi connectivity index (χ4n) is 3.04. The van der Waals surface area contributed by atoms with Gasteiger partial charge in [-0.15, -0.1) is 0 Å². The molecule has 3 unspecified atom stereocenters. The molecule has 1 saturated heterocycles. The Bertz CT molecular complexity index is 522. The highest BCUT2D eigenvalue weighted by molar-refractivity contribution is 5.70. The molecule has 2 rings (SSSR count). The van der Waals surface area contributed by atoms with E-state index in [0.717, 1.165) is 13.0 Å². The van der Waals surface area contributed by atoms with Crippen molar-refractivity contribution < 1.29 is 4.92 Å². The van der Waals surface area contributed by atoms with Gasteiger partial charge < -0.3 is 10.2 Å². The number of hydrogen-bond acceptors (Lipinski definition) is 6. The molecule has 7 heteroatoms. The maximum atomic E-state index is 11.5. The van der Waals surface area contributed by atoms with Crippen molar-refractivity contribution in [1.29, 1.82) is 0 Å². The Morgan fingerprint density at radius 2 is 2.14 bits per heavy atom. The summed E-state index contributed by atoms with van der Waals surface area (Å²) in [6.45, 7) is 9.72. The predicted octanol–water partition coefficient (Wildman–Crippen LogP) is 2.69. The number of nitrogens with zero attached hydrogens (tertiary/aromatic N) is 4. The first-order chi connectivity index (χ1) is 9.95. The summed E-state index contributed by atoms with van der Waals surface area (Å²) >= 11 is 0. The molecule has 21 heavy (non-hydrogen) atoms. The molecule has 1 fully saturated rings. The van der Waals surface area contributed by atoms with E-state index >= 15 is 0 Å². The lowest BCUT2D eigenvalue weighted by molar-refractivity contribution is -0.383. The molecule has 1 aromatic rings. The van der Waals surface area contributed by atoms with Crippen LogP contribution < -0.4 is 10.2 Å². The molecule has 1 aliphatic rings. The Morgan fingerprint density at radius 1 is 1.43 bits per heavy atom. The van der Waals surface area contributed by atoms with E-state index in [-0.39, 0.29) is 16.7 Å². The third-order valence-electron chi connectivity index (χ3n) is 4.20. The summed E-state index contributed by atoms with van der Waals surface area (Å²) in [6, 6.07) is 0.226. The molecule has 3 atom stereocenters. The minimum atomic E-state index is -0.385. The van der Waals surface area contributed by atoms with Gasteiger partial charge in [0, 0.05) is 19.1 Å². The number of hydrogen-bond donors (Lipinski definition) is 1. The first-order valence-corrected chi connectivity index (χ1v) is 7.45. The maximum absolute atomic E-state index is 11.5. The van der Waals surface area contributed by atoms with E-state index in [1.807, 2.05) is 6.92 Å². The van der Waals surface area contributed by atoms with Crippen LogP contribution in [-0.4, -0.2) is 34.0 Å². The zero-order valence-corrected chi connectivity index (χ0v) is 13.0. The number of aromatic nitrogens is 2. The van der Waals surface area contributed by atoms with Crippen molar-refractivity contribution in [3.05, 3.63) is 16.4 Å². The third-order valence-corrected chi connectivity index (χ3v) is 4.20. The average Bonchev–Trinajstić information content (AvgIpc) is 2.42. The molecule has 1 aromatic heterocycles. The molecule has 1 N–H and O–H groups in total. The van der Waals surface area contributed by atoms with Gasteiger partial charge in [-0.25, -0.2) is 9.97 Å². The minimum absolute atomic E-state index is 0.0208. The molecule has 2 heterocycles. The van der Waals surface area contributed by atoms with Gasteiger partial charge >= 0.3 is 5.69 Å². The van der Waals surface area contributed by atoms with Gasteiger partial charge in [-0.1, -0.05) is 13.8 Å². The van der Waals surface area contributed by atoms with Crippen molar-refractivity contribution in [3.8, 4) is 0 Å². The molecule has 0 saturated carbocycles. The van der Waals surface area contributed by atoms with Crippen LogP contribution in [0.5, 0.6) is 0 Å². The highest BCUT2D eigenvalue weighted by atomic mass is 16.6. The Morgan fingerprint density at radius 3 is 2.76 bits per heavy atom. The third kappa shape index (κ3) is 3.06. The van der Waals surface area contributed by atoms with Gasteiger partial charge in [0.15, 0.2) is 0 Å². The molecule has 0 radical (unpaired) electrons. The van der Waals surface area contributed by atoms with Crippen LogP contribution in [0, 0.1) is 22.0 Å². The number of anilines is 2. The lowest BCUT2D eigenvalue weighted by atomic mass is 9.86. The van der Waals surface area contributed by atoms with Gasteiger partial charge in [-0.3, -0.25) is 10.1 Å². The second-order valence-electron chi connectivity index (χ2n) is 5.89. The van der Waals surface area contributed by atoms with Crippen molar-refractivity contribution in [1.82, 2.24) is 9.97 Å². The number of rotatable bonds is 4. The van der Waals surface area contributed by atoms with Crippen LogP contribution in [0.15, 0.2) is 6.33 Å². The summed E-state index contributed by atoms with van der Waals surface area (Å²) in [4.78, 5) is 21.4. The van der Waals surface area contributed by atoms with E-state index in [4.69, 9.17) is 0 Å². The second-order valence-corrected chi connectivity index (χ2v) is 5.89. The highest BCUT2D eigenvalue weighted by Gasteiger charge is 2.35. The largest absolute Gasteiger partial charge is 0.364 e. The van der Waals surface area contributed by atoms with Crippen LogP contribution in [0.25, 0.3) is 0 Å². The van der Waals surface area contributed by atoms with E-state index in [0.29, 0.717) is 30.0 Å². The molecule has 7 nitrogen and oxygen atoms in total. The zero-order chi connectivity index (χ0) is 15.6. The van der Waals surface area contributed by atoms with Crippen LogP contribution in [-0.2, 0) is 0 Å². The Hall–Kier alpha value is -1.92. The van der Waals surface area contributed by atoms with Gasteiger partial charge in [-0.05, 0) is 32.1 Å². The average molecular weight is 293 g/mol. The fourth-order valence-corrected chi connectivity index (χ4v) is 3.04. The summed E-state index contributed by atoms with van der Waals surface area (Å²) in [7, 11) is 0. The quantitative estimate of drug-likeness (QED) is 0.678. The normalized spacial score (nSPS) is 25.7. The zero-order valence-electron chi connectivity index (χ0n) is 13.0. The van der Waals surface area contributed by atoms with Crippen LogP contribution in [0.3, 0.4) is 0 Å². The van der Waals surface area contributed by atoms with E-state index in [1.54, 1.807) is 0 Å². The molecular formula is C14H23N5O2. The van der Waals surface area contributed by atoms with Crippen molar-refractivity contribution in [2.24, 2.45) is 11.8 Å².